The van der Waals surface area contributed by atoms with Gasteiger partial charge in [-0.15, -0.1) is 0 Å². The predicted molar refractivity (Wildman–Crippen MR) is 64.0 cm³/mol. The molecule has 0 heterocycles. The van der Waals surface area contributed by atoms with Crippen molar-refractivity contribution in [2.24, 2.45) is 0 Å². The van der Waals surface area contributed by atoms with Crippen LogP contribution < -0.4 is 4.74 Å². The monoisotopic (exact) mass is 238 g/mol. The van der Waals surface area contributed by atoms with E-state index in [0.717, 1.165) is 0 Å². The average Bonchev–Trinajstić information content (AvgIpc) is 2.19. The fourth-order valence-electron chi connectivity index (χ4n) is 1.16. The fraction of sp³-hybridized carbons (Fsp3) is 0.462. The van der Waals surface area contributed by atoms with Crippen molar-refractivity contribution in [3.63, 3.8) is 0 Å². The lowest BCUT2D eigenvalue weighted by Gasteiger charge is -2.22. The quantitative estimate of drug-likeness (QED) is 0.822. The summed E-state index contributed by atoms with van der Waals surface area (Å²) in [6, 6.07) is 6.18. The molecule has 0 aliphatic heterocycles. The molecule has 1 rings (SSSR count). The SMILES string of the molecule is CC(Oc1ccc(O)cc1)C(=O)OC(C)(C)C. The van der Waals surface area contributed by atoms with Crippen molar-refractivity contribution < 1.29 is 19.4 Å². The van der Waals surface area contributed by atoms with E-state index in [-0.39, 0.29) is 5.75 Å². The molecular formula is C13H18O4. The lowest BCUT2D eigenvalue weighted by atomic mass is 10.2. The van der Waals surface area contributed by atoms with Crippen LogP contribution >= 0.6 is 0 Å². The summed E-state index contributed by atoms with van der Waals surface area (Å²) >= 11 is 0. The number of esters is 1. The number of hydrogen-bond acceptors (Lipinski definition) is 4. The summed E-state index contributed by atoms with van der Waals surface area (Å²) < 4.78 is 10.6. The average molecular weight is 238 g/mol. The van der Waals surface area contributed by atoms with Gasteiger partial charge in [-0.05, 0) is 52.0 Å². The van der Waals surface area contributed by atoms with Crippen LogP contribution in [0.5, 0.6) is 11.5 Å². The van der Waals surface area contributed by atoms with Crippen molar-refractivity contribution in [1.82, 2.24) is 0 Å². The number of aromatic hydroxyl groups is 1. The van der Waals surface area contributed by atoms with Crippen LogP contribution in [0.3, 0.4) is 0 Å². The maximum atomic E-state index is 11.6. The van der Waals surface area contributed by atoms with Gasteiger partial charge in [-0.25, -0.2) is 4.79 Å². The Bertz CT molecular complexity index is 375. The van der Waals surface area contributed by atoms with Gasteiger partial charge >= 0.3 is 5.97 Å². The van der Waals surface area contributed by atoms with E-state index in [1.165, 1.54) is 12.1 Å². The highest BCUT2D eigenvalue weighted by atomic mass is 16.6. The Morgan fingerprint density at radius 3 is 2.24 bits per heavy atom. The van der Waals surface area contributed by atoms with Crippen molar-refractivity contribution in [2.45, 2.75) is 39.4 Å². The Morgan fingerprint density at radius 2 is 1.76 bits per heavy atom. The number of carbonyl (C=O) groups excluding carboxylic acids is 1. The summed E-state index contributed by atoms with van der Waals surface area (Å²) in [6.07, 6.45) is -0.682. The van der Waals surface area contributed by atoms with Gasteiger partial charge in [0, 0.05) is 0 Å². The van der Waals surface area contributed by atoms with E-state index in [1.807, 2.05) is 0 Å². The van der Waals surface area contributed by atoms with Crippen molar-refractivity contribution >= 4 is 5.97 Å². The Balaban J connectivity index is 2.57. The summed E-state index contributed by atoms with van der Waals surface area (Å²) in [7, 11) is 0. The van der Waals surface area contributed by atoms with Gasteiger partial charge in [0.05, 0.1) is 0 Å². The van der Waals surface area contributed by atoms with Gasteiger partial charge < -0.3 is 14.6 Å². The van der Waals surface area contributed by atoms with Crippen molar-refractivity contribution in [3.8, 4) is 11.5 Å². The minimum absolute atomic E-state index is 0.155. The number of phenolic OH excluding ortho intramolecular Hbond substituents is 1. The van der Waals surface area contributed by atoms with Crippen LogP contribution in [0.2, 0.25) is 0 Å². The van der Waals surface area contributed by atoms with Gasteiger partial charge in [-0.2, -0.15) is 0 Å². The molecule has 4 heteroatoms. The van der Waals surface area contributed by atoms with Gasteiger partial charge in [0.25, 0.3) is 0 Å². The fourth-order valence-corrected chi connectivity index (χ4v) is 1.16. The van der Waals surface area contributed by atoms with Crippen LogP contribution in [0.4, 0.5) is 0 Å². The first-order chi connectivity index (χ1) is 7.78. The third kappa shape index (κ3) is 4.76. The van der Waals surface area contributed by atoms with Gasteiger partial charge in [0.1, 0.15) is 17.1 Å². The summed E-state index contributed by atoms with van der Waals surface area (Å²) in [5, 5.41) is 9.11. The molecule has 94 valence electrons. The summed E-state index contributed by atoms with van der Waals surface area (Å²) in [6.45, 7) is 7.04. The van der Waals surface area contributed by atoms with Gasteiger partial charge in [0.15, 0.2) is 6.10 Å². The minimum Gasteiger partial charge on any atom is -0.508 e. The molecule has 0 fully saturated rings. The van der Waals surface area contributed by atoms with E-state index in [1.54, 1.807) is 39.8 Å². The standard InChI is InChI=1S/C13H18O4/c1-9(12(15)17-13(2,3)4)16-11-7-5-10(14)6-8-11/h5-9,14H,1-4H3. The second kappa shape index (κ2) is 5.08. The summed E-state index contributed by atoms with van der Waals surface area (Å²) in [5.41, 5.74) is -0.524. The van der Waals surface area contributed by atoms with E-state index in [0.29, 0.717) is 5.75 Å². The molecule has 1 aromatic carbocycles. The molecule has 0 saturated carbocycles. The van der Waals surface area contributed by atoms with Crippen LogP contribution in [-0.4, -0.2) is 22.8 Å². The molecule has 0 amide bonds. The Morgan fingerprint density at radius 1 is 1.24 bits per heavy atom. The molecule has 0 aromatic heterocycles. The lowest BCUT2D eigenvalue weighted by Crippen LogP contribution is -2.33. The highest BCUT2D eigenvalue weighted by molar-refractivity contribution is 5.75. The molecule has 0 spiro atoms. The zero-order chi connectivity index (χ0) is 13.1. The van der Waals surface area contributed by atoms with E-state index in [4.69, 9.17) is 14.6 Å². The lowest BCUT2D eigenvalue weighted by molar-refractivity contribution is -0.162. The first kappa shape index (κ1) is 13.4. The molecule has 4 nitrogen and oxygen atoms in total. The minimum atomic E-state index is -0.682. The number of benzene rings is 1. The van der Waals surface area contributed by atoms with Gasteiger partial charge in [-0.1, -0.05) is 0 Å². The maximum Gasteiger partial charge on any atom is 0.347 e. The Kier molecular flexibility index (Phi) is 3.99. The van der Waals surface area contributed by atoms with E-state index in [9.17, 15) is 4.79 Å². The van der Waals surface area contributed by atoms with Crippen LogP contribution in [-0.2, 0) is 9.53 Å². The molecule has 1 N–H and O–H groups in total. The first-order valence-corrected chi connectivity index (χ1v) is 5.46. The first-order valence-electron chi connectivity index (χ1n) is 5.46. The number of rotatable bonds is 3. The normalized spacial score (nSPS) is 12.9. The second-order valence-electron chi connectivity index (χ2n) is 4.79. The largest absolute Gasteiger partial charge is 0.508 e. The van der Waals surface area contributed by atoms with Crippen LogP contribution in [0.1, 0.15) is 27.7 Å². The third-order valence-corrected chi connectivity index (χ3v) is 1.89. The molecule has 0 saturated heterocycles. The molecule has 1 unspecified atom stereocenters. The Labute approximate surface area is 101 Å². The van der Waals surface area contributed by atoms with Crippen LogP contribution in [0.25, 0.3) is 0 Å². The number of hydrogen-bond donors (Lipinski definition) is 1. The third-order valence-electron chi connectivity index (χ3n) is 1.89. The van der Waals surface area contributed by atoms with Crippen molar-refractivity contribution in [2.75, 3.05) is 0 Å². The summed E-state index contributed by atoms with van der Waals surface area (Å²) in [5.74, 6) is 0.258. The van der Waals surface area contributed by atoms with Gasteiger partial charge in [-0.3, -0.25) is 0 Å². The van der Waals surface area contributed by atoms with Crippen LogP contribution in [0.15, 0.2) is 24.3 Å². The highest BCUT2D eigenvalue weighted by Crippen LogP contribution is 2.18. The molecule has 0 aliphatic carbocycles. The smallest absolute Gasteiger partial charge is 0.347 e. The van der Waals surface area contributed by atoms with Gasteiger partial charge in [0.2, 0.25) is 0 Å². The zero-order valence-corrected chi connectivity index (χ0v) is 10.6. The molecule has 0 aliphatic rings. The van der Waals surface area contributed by atoms with E-state index >= 15 is 0 Å². The maximum absolute atomic E-state index is 11.6. The molecule has 0 radical (unpaired) electrons. The van der Waals surface area contributed by atoms with E-state index in [2.05, 4.69) is 0 Å². The van der Waals surface area contributed by atoms with E-state index < -0.39 is 17.7 Å². The number of ether oxygens (including phenoxy) is 2. The molecule has 1 aromatic rings. The zero-order valence-electron chi connectivity index (χ0n) is 10.6. The second-order valence-corrected chi connectivity index (χ2v) is 4.79. The van der Waals surface area contributed by atoms with Crippen LogP contribution in [0, 0.1) is 0 Å². The van der Waals surface area contributed by atoms with Crippen molar-refractivity contribution in [3.05, 3.63) is 24.3 Å². The van der Waals surface area contributed by atoms with Crippen molar-refractivity contribution in [1.29, 1.82) is 0 Å². The summed E-state index contributed by atoms with van der Waals surface area (Å²) in [4.78, 5) is 11.6. The number of carbonyl (C=O) groups is 1. The number of phenols is 1. The molecule has 1 atom stereocenters. The predicted octanol–water partition coefficient (Wildman–Crippen LogP) is 2.50. The molecule has 0 bridgehead atoms. The highest BCUT2D eigenvalue weighted by Gasteiger charge is 2.22. The molecular weight excluding hydrogens is 220 g/mol. The Hall–Kier alpha value is -1.71. The molecule has 17 heavy (non-hydrogen) atoms. The topological polar surface area (TPSA) is 55.8 Å².